The van der Waals surface area contributed by atoms with E-state index >= 15 is 0 Å². The van der Waals surface area contributed by atoms with Crippen molar-refractivity contribution in [2.24, 2.45) is 0 Å². The second-order valence-electron chi connectivity index (χ2n) is 7.91. The molecule has 1 aliphatic carbocycles. The van der Waals surface area contributed by atoms with Gasteiger partial charge in [0.2, 0.25) is 0 Å². The SMILES string of the molecule is O=C(Cc1ccc2cnn(S(=O)(=O)C3CC3c3ccccc3)c2c1)c1c(F)cccc1Cl. The molecule has 1 aliphatic rings. The lowest BCUT2D eigenvalue weighted by molar-refractivity contribution is 0.0989. The number of benzene rings is 3. The molecule has 1 heterocycles. The van der Waals surface area contributed by atoms with E-state index in [2.05, 4.69) is 5.10 Å². The molecule has 162 valence electrons. The zero-order valence-corrected chi connectivity index (χ0v) is 18.4. The summed E-state index contributed by atoms with van der Waals surface area (Å²) in [5, 5.41) is 4.27. The van der Waals surface area contributed by atoms with Crippen LogP contribution in [0.15, 0.2) is 72.9 Å². The standard InChI is InChI=1S/C24H18ClFN2O3S/c25-19-7-4-8-20(26)24(19)22(29)12-15-9-10-17-14-27-28(21(17)11-15)32(30,31)23-13-18(23)16-5-2-1-3-6-16/h1-11,14,18,23H,12-13H2. The van der Waals surface area contributed by atoms with Crippen molar-refractivity contribution >= 4 is 38.3 Å². The fourth-order valence-corrected chi connectivity index (χ4v) is 6.23. The monoisotopic (exact) mass is 468 g/mol. The molecule has 1 aromatic heterocycles. The van der Waals surface area contributed by atoms with Gasteiger partial charge in [-0.05, 0) is 35.7 Å². The van der Waals surface area contributed by atoms with Gasteiger partial charge in [-0.2, -0.15) is 9.19 Å². The summed E-state index contributed by atoms with van der Waals surface area (Å²) >= 11 is 6.00. The Balaban J connectivity index is 1.45. The summed E-state index contributed by atoms with van der Waals surface area (Å²) in [4.78, 5) is 12.7. The van der Waals surface area contributed by atoms with E-state index in [1.54, 1.807) is 18.2 Å². The molecule has 0 bridgehead atoms. The molecule has 5 nitrogen and oxygen atoms in total. The quantitative estimate of drug-likeness (QED) is 0.374. The summed E-state index contributed by atoms with van der Waals surface area (Å²) in [5.41, 5.74) is 1.77. The number of Topliss-reactive ketones (excluding diaryl/α,β-unsaturated/α-hetero) is 1. The first-order chi connectivity index (χ1) is 15.4. The van der Waals surface area contributed by atoms with Crippen LogP contribution >= 0.6 is 11.6 Å². The summed E-state index contributed by atoms with van der Waals surface area (Å²) in [5.74, 6) is -1.22. The largest absolute Gasteiger partial charge is 0.294 e. The Morgan fingerprint density at radius 3 is 2.62 bits per heavy atom. The molecule has 0 radical (unpaired) electrons. The molecule has 2 atom stereocenters. The van der Waals surface area contributed by atoms with Gasteiger partial charge in [-0.25, -0.2) is 12.8 Å². The van der Waals surface area contributed by atoms with Gasteiger partial charge in [0.15, 0.2) is 5.78 Å². The van der Waals surface area contributed by atoms with Crippen molar-refractivity contribution in [3.63, 3.8) is 0 Å². The van der Waals surface area contributed by atoms with Crippen LogP contribution in [0.4, 0.5) is 4.39 Å². The number of hydrogen-bond acceptors (Lipinski definition) is 4. The Hall–Kier alpha value is -3.03. The molecule has 0 amide bonds. The second kappa shape index (κ2) is 7.83. The third-order valence-corrected chi connectivity index (χ3v) is 8.17. The molecule has 0 saturated heterocycles. The Labute approximate surface area is 189 Å². The average Bonchev–Trinajstić information content (AvgIpc) is 3.48. The van der Waals surface area contributed by atoms with Crippen LogP contribution in [0.2, 0.25) is 5.02 Å². The second-order valence-corrected chi connectivity index (χ2v) is 10.3. The zero-order valence-electron chi connectivity index (χ0n) is 16.8. The maximum absolute atomic E-state index is 14.1. The van der Waals surface area contributed by atoms with Crippen molar-refractivity contribution in [1.82, 2.24) is 9.19 Å². The normalized spacial score (nSPS) is 18.1. The van der Waals surface area contributed by atoms with E-state index in [0.29, 0.717) is 22.9 Å². The molecule has 1 saturated carbocycles. The van der Waals surface area contributed by atoms with E-state index < -0.39 is 26.9 Å². The molecule has 5 rings (SSSR count). The molecule has 2 unspecified atom stereocenters. The van der Waals surface area contributed by atoms with E-state index in [-0.39, 0.29) is 22.9 Å². The number of rotatable bonds is 6. The lowest BCUT2D eigenvalue weighted by Crippen LogP contribution is -2.20. The maximum Gasteiger partial charge on any atom is 0.257 e. The summed E-state index contributed by atoms with van der Waals surface area (Å²) < 4.78 is 41.7. The van der Waals surface area contributed by atoms with Crippen LogP contribution in [0.3, 0.4) is 0 Å². The number of aromatic nitrogens is 2. The van der Waals surface area contributed by atoms with Gasteiger partial charge in [0.1, 0.15) is 5.82 Å². The topological polar surface area (TPSA) is 69.0 Å². The molecule has 8 heteroatoms. The minimum absolute atomic E-state index is 0.0457. The summed E-state index contributed by atoms with van der Waals surface area (Å²) in [6, 6.07) is 18.7. The lowest BCUT2D eigenvalue weighted by Gasteiger charge is -2.08. The summed E-state index contributed by atoms with van der Waals surface area (Å²) in [7, 11) is -3.72. The van der Waals surface area contributed by atoms with Gasteiger partial charge < -0.3 is 0 Å². The molecular formula is C24H18ClFN2O3S. The molecule has 0 N–H and O–H groups in total. The highest BCUT2D eigenvalue weighted by Crippen LogP contribution is 2.46. The summed E-state index contributed by atoms with van der Waals surface area (Å²) in [6.07, 6.45) is 1.92. The van der Waals surface area contributed by atoms with Crippen molar-refractivity contribution in [3.05, 3.63) is 100 Å². The van der Waals surface area contributed by atoms with Gasteiger partial charge in [0.05, 0.1) is 27.5 Å². The molecule has 4 aromatic rings. The van der Waals surface area contributed by atoms with Gasteiger partial charge in [-0.3, -0.25) is 4.79 Å². The van der Waals surface area contributed by atoms with Crippen LogP contribution in [-0.2, 0) is 16.4 Å². The molecule has 3 aromatic carbocycles. The first kappa shape index (κ1) is 20.8. The van der Waals surface area contributed by atoms with Crippen LogP contribution in [0.25, 0.3) is 10.9 Å². The highest BCUT2D eigenvalue weighted by atomic mass is 35.5. The minimum atomic E-state index is -3.72. The number of halogens is 2. The third kappa shape index (κ3) is 3.61. The van der Waals surface area contributed by atoms with Gasteiger partial charge in [-0.15, -0.1) is 0 Å². The van der Waals surface area contributed by atoms with Crippen molar-refractivity contribution < 1.29 is 17.6 Å². The number of nitrogens with zero attached hydrogens (tertiary/aromatic N) is 2. The van der Waals surface area contributed by atoms with Crippen LogP contribution in [0.5, 0.6) is 0 Å². The van der Waals surface area contributed by atoms with Crippen molar-refractivity contribution in [2.75, 3.05) is 0 Å². The van der Waals surface area contributed by atoms with Gasteiger partial charge in [-0.1, -0.05) is 60.1 Å². The third-order valence-electron chi connectivity index (χ3n) is 5.79. The van der Waals surface area contributed by atoms with Gasteiger partial charge in [0.25, 0.3) is 10.0 Å². The molecule has 0 aliphatic heterocycles. The minimum Gasteiger partial charge on any atom is -0.294 e. The Morgan fingerprint density at radius 2 is 1.88 bits per heavy atom. The number of ketones is 1. The van der Waals surface area contributed by atoms with E-state index in [1.165, 1.54) is 24.4 Å². The molecule has 32 heavy (non-hydrogen) atoms. The predicted octanol–water partition coefficient (Wildman–Crippen LogP) is 4.99. The molecule has 1 fully saturated rings. The highest BCUT2D eigenvalue weighted by Gasteiger charge is 2.49. The number of carbonyl (C=O) groups is 1. The zero-order chi connectivity index (χ0) is 22.5. The van der Waals surface area contributed by atoms with E-state index in [4.69, 9.17) is 11.6 Å². The van der Waals surface area contributed by atoms with Crippen molar-refractivity contribution in [1.29, 1.82) is 0 Å². The first-order valence-electron chi connectivity index (χ1n) is 10.1. The van der Waals surface area contributed by atoms with E-state index in [0.717, 1.165) is 9.65 Å². The number of fused-ring (bicyclic) bond motifs is 1. The fourth-order valence-electron chi connectivity index (χ4n) is 4.07. The van der Waals surface area contributed by atoms with Gasteiger partial charge in [0, 0.05) is 17.7 Å². The van der Waals surface area contributed by atoms with Crippen LogP contribution in [-0.4, -0.2) is 28.6 Å². The lowest BCUT2D eigenvalue weighted by atomic mass is 10.0. The number of carbonyl (C=O) groups excluding carboxylic acids is 1. The van der Waals surface area contributed by atoms with Crippen LogP contribution < -0.4 is 0 Å². The van der Waals surface area contributed by atoms with E-state index in [9.17, 15) is 17.6 Å². The molecular weight excluding hydrogens is 451 g/mol. The Morgan fingerprint density at radius 1 is 1.09 bits per heavy atom. The Bertz CT molecular complexity index is 1430. The van der Waals surface area contributed by atoms with E-state index in [1.807, 2.05) is 30.3 Å². The average molecular weight is 469 g/mol. The fraction of sp³-hybridized carbons (Fsp3) is 0.167. The van der Waals surface area contributed by atoms with Crippen molar-refractivity contribution in [3.8, 4) is 0 Å². The molecule has 0 spiro atoms. The predicted molar refractivity (Wildman–Crippen MR) is 121 cm³/mol. The summed E-state index contributed by atoms with van der Waals surface area (Å²) in [6.45, 7) is 0. The number of hydrogen-bond donors (Lipinski definition) is 0. The van der Waals surface area contributed by atoms with Crippen LogP contribution in [0.1, 0.15) is 33.8 Å². The highest BCUT2D eigenvalue weighted by molar-refractivity contribution is 7.91. The maximum atomic E-state index is 14.1. The van der Waals surface area contributed by atoms with Crippen LogP contribution in [0, 0.1) is 5.82 Å². The van der Waals surface area contributed by atoms with Gasteiger partial charge >= 0.3 is 0 Å². The smallest absolute Gasteiger partial charge is 0.257 e. The Kier molecular flexibility index (Phi) is 5.10. The first-order valence-corrected chi connectivity index (χ1v) is 12.0. The van der Waals surface area contributed by atoms with Crippen molar-refractivity contribution in [2.45, 2.75) is 24.0 Å².